The number of nitrogens with zero attached hydrogens (tertiary/aromatic N) is 2. The smallest absolute Gasteiger partial charge is 0.328 e. The fraction of sp³-hybridized carbons (Fsp3) is 0.652. The number of likely N-dealkylation sites (tertiary alicyclic amines) is 1. The maximum Gasteiger partial charge on any atom is 0.328 e. The first kappa shape index (κ1) is 23.0. The SMILES string of the molecule is COC(=O)[C@@H]1CCCN1C(=O)c1cn(C(C)C)cc(C(=O)NCC2CCCCC2)c1=O. The molecule has 1 aliphatic heterocycles. The number of hydrogen-bond donors (Lipinski definition) is 1. The molecule has 3 rings (SSSR count). The maximum atomic E-state index is 13.2. The van der Waals surface area contributed by atoms with Crippen molar-refractivity contribution in [2.45, 2.75) is 70.9 Å². The fourth-order valence-corrected chi connectivity index (χ4v) is 4.48. The van der Waals surface area contributed by atoms with E-state index in [0.717, 1.165) is 12.8 Å². The summed E-state index contributed by atoms with van der Waals surface area (Å²) in [6.07, 6.45) is 9.89. The Morgan fingerprint density at radius 3 is 2.39 bits per heavy atom. The van der Waals surface area contributed by atoms with Crippen LogP contribution in [0.2, 0.25) is 0 Å². The van der Waals surface area contributed by atoms with Crippen molar-refractivity contribution in [1.82, 2.24) is 14.8 Å². The molecule has 8 heteroatoms. The third-order valence-corrected chi connectivity index (χ3v) is 6.38. The third kappa shape index (κ3) is 5.17. The number of nitrogens with one attached hydrogen (secondary N) is 1. The number of rotatable bonds is 6. The van der Waals surface area contributed by atoms with Crippen LogP contribution in [0.4, 0.5) is 0 Å². The van der Waals surface area contributed by atoms with Gasteiger partial charge in [-0.2, -0.15) is 0 Å². The first-order valence-corrected chi connectivity index (χ1v) is 11.3. The number of ether oxygens (including phenoxy) is 1. The Kier molecular flexibility index (Phi) is 7.51. The van der Waals surface area contributed by atoms with E-state index in [1.54, 1.807) is 4.57 Å². The molecule has 0 aromatic carbocycles. The molecule has 1 aromatic rings. The molecule has 1 N–H and O–H groups in total. The summed E-state index contributed by atoms with van der Waals surface area (Å²) in [5.41, 5.74) is -0.724. The Balaban J connectivity index is 1.87. The lowest BCUT2D eigenvalue weighted by Crippen LogP contribution is -2.44. The van der Waals surface area contributed by atoms with Gasteiger partial charge < -0.3 is 19.5 Å². The van der Waals surface area contributed by atoms with Crippen LogP contribution < -0.4 is 10.7 Å². The molecule has 8 nitrogen and oxygen atoms in total. The van der Waals surface area contributed by atoms with Gasteiger partial charge in [0.15, 0.2) is 0 Å². The second-order valence-corrected chi connectivity index (χ2v) is 8.85. The highest BCUT2D eigenvalue weighted by molar-refractivity contribution is 6.00. The Morgan fingerprint density at radius 2 is 1.74 bits per heavy atom. The van der Waals surface area contributed by atoms with Crippen molar-refractivity contribution in [3.05, 3.63) is 33.7 Å². The fourth-order valence-electron chi connectivity index (χ4n) is 4.48. The zero-order valence-electron chi connectivity index (χ0n) is 18.7. The van der Waals surface area contributed by atoms with Gasteiger partial charge in [0, 0.05) is 31.5 Å². The second kappa shape index (κ2) is 10.1. The van der Waals surface area contributed by atoms with Crippen molar-refractivity contribution >= 4 is 17.8 Å². The molecule has 1 saturated heterocycles. The number of methoxy groups -OCH3 is 1. The van der Waals surface area contributed by atoms with Crippen LogP contribution in [0.3, 0.4) is 0 Å². The van der Waals surface area contributed by atoms with Crippen LogP contribution in [-0.4, -0.2) is 53.5 Å². The number of carbonyl (C=O) groups excluding carboxylic acids is 3. The van der Waals surface area contributed by atoms with Crippen molar-refractivity contribution in [2.24, 2.45) is 5.92 Å². The van der Waals surface area contributed by atoms with Crippen LogP contribution in [0.5, 0.6) is 0 Å². The largest absolute Gasteiger partial charge is 0.467 e. The number of amides is 2. The topological polar surface area (TPSA) is 97.7 Å². The van der Waals surface area contributed by atoms with E-state index < -0.39 is 29.3 Å². The zero-order valence-corrected chi connectivity index (χ0v) is 18.7. The van der Waals surface area contributed by atoms with Gasteiger partial charge in [-0.1, -0.05) is 19.3 Å². The predicted molar refractivity (Wildman–Crippen MR) is 116 cm³/mol. The number of hydrogen-bond acceptors (Lipinski definition) is 5. The van der Waals surface area contributed by atoms with E-state index in [1.807, 2.05) is 13.8 Å². The Hall–Kier alpha value is -2.64. The van der Waals surface area contributed by atoms with Crippen molar-refractivity contribution < 1.29 is 19.1 Å². The molecule has 0 unspecified atom stereocenters. The van der Waals surface area contributed by atoms with Gasteiger partial charge in [0.2, 0.25) is 5.43 Å². The number of pyridine rings is 1. The molecule has 1 saturated carbocycles. The lowest BCUT2D eigenvalue weighted by atomic mass is 9.89. The van der Waals surface area contributed by atoms with Crippen LogP contribution in [0.15, 0.2) is 17.2 Å². The molecule has 1 aromatic heterocycles. The van der Waals surface area contributed by atoms with E-state index >= 15 is 0 Å². The van der Waals surface area contributed by atoms with E-state index in [2.05, 4.69) is 5.32 Å². The molecule has 2 aliphatic rings. The molecule has 0 radical (unpaired) electrons. The van der Waals surface area contributed by atoms with Gasteiger partial charge in [-0.05, 0) is 45.4 Å². The molecule has 1 atom stereocenters. The Morgan fingerprint density at radius 1 is 1.06 bits per heavy atom. The normalized spacial score (nSPS) is 19.5. The van der Waals surface area contributed by atoms with E-state index in [1.165, 1.54) is 43.7 Å². The zero-order chi connectivity index (χ0) is 22.5. The number of carbonyl (C=O) groups is 3. The molecule has 1 aliphatic carbocycles. The molecule has 2 fully saturated rings. The molecule has 0 spiro atoms. The summed E-state index contributed by atoms with van der Waals surface area (Å²) in [6.45, 7) is 4.73. The van der Waals surface area contributed by atoms with Crippen molar-refractivity contribution in [3.8, 4) is 0 Å². The quantitative estimate of drug-likeness (QED) is 0.698. The van der Waals surface area contributed by atoms with E-state index in [9.17, 15) is 19.2 Å². The van der Waals surface area contributed by atoms with E-state index in [0.29, 0.717) is 31.8 Å². The highest BCUT2D eigenvalue weighted by Gasteiger charge is 2.36. The minimum absolute atomic E-state index is 0.0378. The van der Waals surface area contributed by atoms with Gasteiger partial charge in [-0.3, -0.25) is 14.4 Å². The average molecular weight is 432 g/mol. The Bertz CT molecular complexity index is 886. The summed E-state index contributed by atoms with van der Waals surface area (Å²) in [5, 5.41) is 2.90. The molecule has 2 heterocycles. The number of aromatic nitrogens is 1. The predicted octanol–water partition coefficient (Wildman–Crippen LogP) is 2.52. The van der Waals surface area contributed by atoms with Gasteiger partial charge in [0.1, 0.15) is 17.2 Å². The average Bonchev–Trinajstić information content (AvgIpc) is 3.27. The van der Waals surface area contributed by atoms with Gasteiger partial charge in [-0.25, -0.2) is 4.79 Å². The van der Waals surface area contributed by atoms with Crippen molar-refractivity contribution in [3.63, 3.8) is 0 Å². The first-order valence-electron chi connectivity index (χ1n) is 11.3. The summed E-state index contributed by atoms with van der Waals surface area (Å²) in [5.74, 6) is -1.04. The van der Waals surface area contributed by atoms with E-state index in [4.69, 9.17) is 4.74 Å². The molecule has 0 bridgehead atoms. The van der Waals surface area contributed by atoms with Crippen LogP contribution in [-0.2, 0) is 9.53 Å². The van der Waals surface area contributed by atoms with Crippen LogP contribution >= 0.6 is 0 Å². The minimum Gasteiger partial charge on any atom is -0.467 e. The minimum atomic E-state index is -0.701. The first-order chi connectivity index (χ1) is 14.8. The van der Waals surface area contributed by atoms with Crippen LogP contribution in [0, 0.1) is 5.92 Å². The summed E-state index contributed by atoms with van der Waals surface area (Å²) in [6, 6.07) is -0.750. The second-order valence-electron chi connectivity index (χ2n) is 8.85. The highest BCUT2D eigenvalue weighted by atomic mass is 16.5. The molecule has 31 heavy (non-hydrogen) atoms. The molecular formula is C23H33N3O5. The summed E-state index contributed by atoms with van der Waals surface area (Å²) < 4.78 is 6.52. The van der Waals surface area contributed by atoms with E-state index in [-0.39, 0.29) is 17.2 Å². The summed E-state index contributed by atoms with van der Waals surface area (Å²) in [4.78, 5) is 52.7. The monoisotopic (exact) mass is 431 g/mol. The number of esters is 1. The molecule has 170 valence electrons. The molecular weight excluding hydrogens is 398 g/mol. The standard InChI is InChI=1S/C23H33N3O5/c1-15(2)25-13-17(21(28)24-12-16-8-5-4-6-9-16)20(27)18(14-25)22(29)26-11-7-10-19(26)23(30)31-3/h13-16,19H,4-12H2,1-3H3,(H,24,28)/t19-/m0/s1. The summed E-state index contributed by atoms with van der Waals surface area (Å²) in [7, 11) is 1.28. The van der Waals surface area contributed by atoms with Crippen LogP contribution in [0.25, 0.3) is 0 Å². The van der Waals surface area contributed by atoms with Gasteiger partial charge in [0.25, 0.3) is 11.8 Å². The lowest BCUT2D eigenvalue weighted by molar-refractivity contribution is -0.145. The van der Waals surface area contributed by atoms with Gasteiger partial charge >= 0.3 is 5.97 Å². The van der Waals surface area contributed by atoms with Crippen molar-refractivity contribution in [2.75, 3.05) is 20.2 Å². The van der Waals surface area contributed by atoms with Crippen LogP contribution in [0.1, 0.15) is 85.6 Å². The summed E-state index contributed by atoms with van der Waals surface area (Å²) >= 11 is 0. The third-order valence-electron chi connectivity index (χ3n) is 6.38. The lowest BCUT2D eigenvalue weighted by Gasteiger charge is -2.24. The highest BCUT2D eigenvalue weighted by Crippen LogP contribution is 2.23. The van der Waals surface area contributed by atoms with Crippen molar-refractivity contribution in [1.29, 1.82) is 0 Å². The molecule has 2 amide bonds. The van der Waals surface area contributed by atoms with Gasteiger partial charge in [-0.15, -0.1) is 0 Å². The van der Waals surface area contributed by atoms with Gasteiger partial charge in [0.05, 0.1) is 7.11 Å². The Labute approximate surface area is 182 Å². The maximum absolute atomic E-state index is 13.2.